The van der Waals surface area contributed by atoms with Crippen LogP contribution in [0.25, 0.3) is 0 Å². The highest BCUT2D eigenvalue weighted by molar-refractivity contribution is 4.87. The van der Waals surface area contributed by atoms with Crippen LogP contribution in [0.3, 0.4) is 0 Å². The maximum absolute atomic E-state index is 4.91. The van der Waals surface area contributed by atoms with Crippen LogP contribution >= 0.6 is 0 Å². The second-order valence-corrected chi connectivity index (χ2v) is 1.59. The van der Waals surface area contributed by atoms with Gasteiger partial charge in [0.1, 0.15) is 6.26 Å². The summed E-state index contributed by atoms with van der Waals surface area (Å²) >= 11 is 0. The minimum Gasteiger partial charge on any atom is -0.389 e. The molecule has 0 atom stereocenters. The molecule has 0 aromatic carbocycles. The Hall–Kier alpha value is -0.920. The molecule has 0 aliphatic carbocycles. The van der Waals surface area contributed by atoms with Crippen LogP contribution in [0.15, 0.2) is 25.1 Å². The summed E-state index contributed by atoms with van der Waals surface area (Å²) in [7, 11) is 0. The third kappa shape index (κ3) is 1.03. The van der Waals surface area contributed by atoms with Crippen LogP contribution in [0.1, 0.15) is 6.42 Å². The van der Waals surface area contributed by atoms with Crippen molar-refractivity contribution in [2.45, 2.75) is 6.42 Å². The van der Waals surface area contributed by atoms with Gasteiger partial charge in [0.2, 0.25) is 0 Å². The molecule has 0 aromatic heterocycles. The lowest BCUT2D eigenvalue weighted by atomic mass is 10.5. The molecule has 0 aromatic rings. The predicted octanol–water partition coefficient (Wildman–Crippen LogP) is 1.28. The number of hydrogen-bond donors (Lipinski definition) is 0. The zero-order valence-electron chi connectivity index (χ0n) is 4.71. The molecule has 1 aliphatic rings. The molecule has 2 heteroatoms. The lowest BCUT2D eigenvalue weighted by molar-refractivity contribution is -0.0469. The predicted molar refractivity (Wildman–Crippen MR) is 31.7 cm³/mol. The Bertz CT molecular complexity index is 109. The summed E-state index contributed by atoms with van der Waals surface area (Å²) in [5, 5.41) is 1.74. The second-order valence-electron chi connectivity index (χ2n) is 1.59. The normalized spacial score (nSPS) is 16.8. The molecular formula is C6H9NO. The van der Waals surface area contributed by atoms with E-state index in [-0.39, 0.29) is 0 Å². The molecule has 8 heavy (non-hydrogen) atoms. The topological polar surface area (TPSA) is 12.5 Å². The average Bonchev–Trinajstić information content (AvgIpc) is 2.19. The molecule has 2 nitrogen and oxygen atoms in total. The van der Waals surface area contributed by atoms with E-state index in [2.05, 4.69) is 12.7 Å². The molecule has 0 saturated heterocycles. The van der Waals surface area contributed by atoms with Gasteiger partial charge in [-0.15, -0.1) is 0 Å². The maximum atomic E-state index is 4.91. The van der Waals surface area contributed by atoms with E-state index < -0.39 is 0 Å². The smallest absolute Gasteiger partial charge is 0.112 e. The highest BCUT2D eigenvalue weighted by Crippen LogP contribution is 2.03. The van der Waals surface area contributed by atoms with Gasteiger partial charge < -0.3 is 4.84 Å². The van der Waals surface area contributed by atoms with Crippen LogP contribution in [0.5, 0.6) is 0 Å². The van der Waals surface area contributed by atoms with Crippen LogP contribution in [-0.2, 0) is 4.84 Å². The van der Waals surface area contributed by atoms with Gasteiger partial charge >= 0.3 is 0 Å². The van der Waals surface area contributed by atoms with Crippen molar-refractivity contribution in [2.24, 2.45) is 0 Å². The van der Waals surface area contributed by atoms with Crippen molar-refractivity contribution < 1.29 is 4.84 Å². The summed E-state index contributed by atoms with van der Waals surface area (Å²) in [6, 6.07) is 0. The van der Waals surface area contributed by atoms with Crippen LogP contribution in [-0.4, -0.2) is 11.6 Å². The summed E-state index contributed by atoms with van der Waals surface area (Å²) in [4.78, 5) is 4.91. The first-order valence-corrected chi connectivity index (χ1v) is 2.64. The maximum Gasteiger partial charge on any atom is 0.112 e. The highest BCUT2D eigenvalue weighted by Gasteiger charge is 2.00. The van der Waals surface area contributed by atoms with Gasteiger partial charge in [-0.2, -0.15) is 0 Å². The van der Waals surface area contributed by atoms with E-state index in [1.807, 2.05) is 6.20 Å². The van der Waals surface area contributed by atoms with Crippen molar-refractivity contribution in [1.29, 1.82) is 0 Å². The van der Waals surface area contributed by atoms with Gasteiger partial charge in [-0.05, 0) is 6.42 Å². The lowest BCUT2D eigenvalue weighted by Gasteiger charge is -2.10. The van der Waals surface area contributed by atoms with Gasteiger partial charge in [0.15, 0.2) is 0 Å². The average molecular weight is 111 g/mol. The van der Waals surface area contributed by atoms with E-state index in [1.165, 1.54) is 6.26 Å². The molecule has 0 radical (unpaired) electrons. The fraction of sp³-hybridized carbons (Fsp3) is 0.333. The van der Waals surface area contributed by atoms with Crippen molar-refractivity contribution in [1.82, 2.24) is 5.06 Å². The third-order valence-corrected chi connectivity index (χ3v) is 0.998. The van der Waals surface area contributed by atoms with Crippen LogP contribution < -0.4 is 0 Å². The summed E-state index contributed by atoms with van der Waals surface area (Å²) in [6.07, 6.45) is 6.47. The molecular weight excluding hydrogens is 102 g/mol. The molecule has 0 fully saturated rings. The van der Waals surface area contributed by atoms with Gasteiger partial charge in [0.05, 0.1) is 6.54 Å². The van der Waals surface area contributed by atoms with E-state index in [0.717, 1.165) is 13.0 Å². The number of nitrogens with zero attached hydrogens (tertiary/aromatic N) is 1. The Morgan fingerprint density at radius 2 is 2.62 bits per heavy atom. The van der Waals surface area contributed by atoms with E-state index >= 15 is 0 Å². The Labute approximate surface area is 49.0 Å². The SMILES string of the molecule is C=CON1C=CCC1. The van der Waals surface area contributed by atoms with Gasteiger partial charge in [0.25, 0.3) is 0 Å². The first kappa shape index (κ1) is 5.22. The van der Waals surface area contributed by atoms with Crippen molar-refractivity contribution in [2.75, 3.05) is 6.54 Å². The number of hydroxylamine groups is 2. The van der Waals surface area contributed by atoms with Gasteiger partial charge in [-0.3, -0.25) is 0 Å². The fourth-order valence-electron chi connectivity index (χ4n) is 0.652. The number of rotatable bonds is 2. The molecule has 1 aliphatic heterocycles. The van der Waals surface area contributed by atoms with Crippen molar-refractivity contribution in [3.8, 4) is 0 Å². The third-order valence-electron chi connectivity index (χ3n) is 0.998. The molecule has 44 valence electrons. The van der Waals surface area contributed by atoms with Crippen LogP contribution in [0.4, 0.5) is 0 Å². The standard InChI is InChI=1S/C6H9NO/c1-2-8-7-5-3-4-6-7/h2-3,5H,1,4,6H2. The summed E-state index contributed by atoms with van der Waals surface area (Å²) in [5.74, 6) is 0. The molecule has 1 rings (SSSR count). The van der Waals surface area contributed by atoms with Crippen molar-refractivity contribution in [3.05, 3.63) is 25.1 Å². The Morgan fingerprint density at radius 3 is 3.12 bits per heavy atom. The Balaban J connectivity index is 2.25. The van der Waals surface area contributed by atoms with Gasteiger partial charge in [-0.25, -0.2) is 5.06 Å². The van der Waals surface area contributed by atoms with Crippen molar-refractivity contribution in [3.63, 3.8) is 0 Å². The first-order valence-electron chi connectivity index (χ1n) is 2.64. The summed E-state index contributed by atoms with van der Waals surface area (Å²) < 4.78 is 0. The van der Waals surface area contributed by atoms with Gasteiger partial charge in [0, 0.05) is 6.20 Å². The quantitative estimate of drug-likeness (QED) is 0.498. The molecule has 0 spiro atoms. The molecule has 0 amide bonds. The zero-order valence-corrected chi connectivity index (χ0v) is 4.71. The van der Waals surface area contributed by atoms with Crippen LogP contribution in [0, 0.1) is 0 Å². The fourth-order valence-corrected chi connectivity index (χ4v) is 0.652. The lowest BCUT2D eigenvalue weighted by Crippen LogP contribution is -2.10. The highest BCUT2D eigenvalue weighted by atomic mass is 16.7. The summed E-state index contributed by atoms with van der Waals surface area (Å²) in [6.45, 7) is 4.38. The van der Waals surface area contributed by atoms with E-state index in [9.17, 15) is 0 Å². The molecule has 0 N–H and O–H groups in total. The van der Waals surface area contributed by atoms with Gasteiger partial charge in [-0.1, -0.05) is 12.7 Å². The second kappa shape index (κ2) is 2.40. The van der Waals surface area contributed by atoms with Crippen molar-refractivity contribution >= 4 is 0 Å². The van der Waals surface area contributed by atoms with E-state index in [4.69, 9.17) is 4.84 Å². The van der Waals surface area contributed by atoms with Crippen LogP contribution in [0.2, 0.25) is 0 Å². The monoisotopic (exact) mass is 111 g/mol. The molecule has 0 saturated carbocycles. The summed E-state index contributed by atoms with van der Waals surface area (Å²) in [5.41, 5.74) is 0. The molecule has 1 heterocycles. The Morgan fingerprint density at radius 1 is 1.75 bits per heavy atom. The molecule has 0 unspecified atom stereocenters. The minimum absolute atomic E-state index is 0.950. The Kier molecular flexibility index (Phi) is 1.57. The van der Waals surface area contributed by atoms with E-state index in [1.54, 1.807) is 5.06 Å². The first-order chi connectivity index (χ1) is 3.93. The minimum atomic E-state index is 0.950. The molecule has 0 bridgehead atoms. The zero-order chi connectivity index (χ0) is 5.82. The number of hydrogen-bond acceptors (Lipinski definition) is 2. The largest absolute Gasteiger partial charge is 0.389 e. The van der Waals surface area contributed by atoms with E-state index in [0.29, 0.717) is 0 Å².